The molecule has 10 heavy (non-hydrogen) atoms. The molecule has 0 bridgehead atoms. The molecule has 4 nitrogen and oxygen atoms in total. The van der Waals surface area contributed by atoms with Gasteiger partial charge in [-0.1, -0.05) is 6.92 Å². The topological polar surface area (TPSA) is 80.4 Å². The number of ketones is 1. The highest BCUT2D eigenvalue weighted by Gasteiger charge is 2.14. The molecule has 0 radical (unpaired) electrons. The highest BCUT2D eigenvalue weighted by molar-refractivity contribution is 6.32. The van der Waals surface area contributed by atoms with Crippen molar-refractivity contribution in [2.24, 2.45) is 5.73 Å². The lowest BCUT2D eigenvalue weighted by Gasteiger charge is -2.03. The fraction of sp³-hybridized carbons (Fsp3) is 0.667. The van der Waals surface area contributed by atoms with E-state index in [0.717, 1.165) is 0 Å². The molecule has 1 unspecified atom stereocenters. The number of carboxylic acids is 1. The molecular weight excluding hydrogens is 134 g/mol. The summed E-state index contributed by atoms with van der Waals surface area (Å²) in [6.45, 7) is 1.81. The van der Waals surface area contributed by atoms with Gasteiger partial charge in [-0.3, -0.25) is 4.79 Å². The van der Waals surface area contributed by atoms with Crippen molar-refractivity contribution in [3.05, 3.63) is 0 Å². The van der Waals surface area contributed by atoms with Crippen molar-refractivity contribution in [1.29, 1.82) is 0 Å². The van der Waals surface area contributed by atoms with Crippen LogP contribution in [-0.2, 0) is 9.59 Å². The van der Waals surface area contributed by atoms with E-state index in [1.165, 1.54) is 0 Å². The number of rotatable bonds is 4. The lowest BCUT2D eigenvalue weighted by Crippen LogP contribution is -2.26. The van der Waals surface area contributed by atoms with Crippen molar-refractivity contribution in [2.45, 2.75) is 25.8 Å². The van der Waals surface area contributed by atoms with Crippen LogP contribution in [-0.4, -0.2) is 22.9 Å². The van der Waals surface area contributed by atoms with E-state index >= 15 is 0 Å². The Kier molecular flexibility index (Phi) is 3.64. The Morgan fingerprint density at radius 1 is 1.60 bits per heavy atom. The SMILES string of the molecule is CCC(N)CC(=O)C(=O)O. The molecule has 0 heterocycles. The second-order valence-corrected chi connectivity index (χ2v) is 2.10. The zero-order chi connectivity index (χ0) is 8.15. The number of carbonyl (C=O) groups excluding carboxylic acids is 1. The zero-order valence-electron chi connectivity index (χ0n) is 5.83. The Bertz CT molecular complexity index is 144. The second kappa shape index (κ2) is 4.00. The van der Waals surface area contributed by atoms with E-state index < -0.39 is 11.8 Å². The Balaban J connectivity index is 3.68. The van der Waals surface area contributed by atoms with Crippen LogP contribution in [0.3, 0.4) is 0 Å². The smallest absolute Gasteiger partial charge is 0.372 e. The predicted molar refractivity (Wildman–Crippen MR) is 35.5 cm³/mol. The van der Waals surface area contributed by atoms with Crippen molar-refractivity contribution in [1.82, 2.24) is 0 Å². The van der Waals surface area contributed by atoms with E-state index in [9.17, 15) is 9.59 Å². The van der Waals surface area contributed by atoms with Gasteiger partial charge in [0, 0.05) is 12.5 Å². The third-order valence-corrected chi connectivity index (χ3v) is 1.21. The summed E-state index contributed by atoms with van der Waals surface area (Å²) in [5.74, 6) is -2.21. The molecule has 0 aromatic carbocycles. The third-order valence-electron chi connectivity index (χ3n) is 1.21. The van der Waals surface area contributed by atoms with Crippen LogP contribution < -0.4 is 5.73 Å². The van der Waals surface area contributed by atoms with Gasteiger partial charge in [0.25, 0.3) is 0 Å². The van der Waals surface area contributed by atoms with Crippen LogP contribution in [0, 0.1) is 0 Å². The minimum Gasteiger partial charge on any atom is -0.476 e. The lowest BCUT2D eigenvalue weighted by molar-refractivity contribution is -0.149. The van der Waals surface area contributed by atoms with Gasteiger partial charge >= 0.3 is 5.97 Å². The predicted octanol–water partition coefficient (Wildman–Crippen LogP) is -0.233. The molecule has 0 spiro atoms. The maximum absolute atomic E-state index is 10.4. The van der Waals surface area contributed by atoms with Gasteiger partial charge < -0.3 is 10.8 Å². The van der Waals surface area contributed by atoms with Gasteiger partial charge in [0.05, 0.1) is 0 Å². The van der Waals surface area contributed by atoms with Gasteiger partial charge in [-0.2, -0.15) is 0 Å². The first-order chi connectivity index (χ1) is 4.57. The average Bonchev–Trinajstić information content (AvgIpc) is 1.87. The van der Waals surface area contributed by atoms with Crippen LogP contribution in [0.15, 0.2) is 0 Å². The van der Waals surface area contributed by atoms with Crippen LogP contribution in [0.4, 0.5) is 0 Å². The molecule has 0 aliphatic rings. The van der Waals surface area contributed by atoms with Crippen LogP contribution in [0.25, 0.3) is 0 Å². The summed E-state index contributed by atoms with van der Waals surface area (Å²) >= 11 is 0. The molecule has 0 saturated heterocycles. The van der Waals surface area contributed by atoms with Crippen LogP contribution >= 0.6 is 0 Å². The number of hydrogen-bond donors (Lipinski definition) is 2. The molecule has 0 aromatic heterocycles. The summed E-state index contributed by atoms with van der Waals surface area (Å²) in [6.07, 6.45) is 0.560. The van der Waals surface area contributed by atoms with Crippen molar-refractivity contribution in [3.63, 3.8) is 0 Å². The van der Waals surface area contributed by atoms with E-state index in [4.69, 9.17) is 10.8 Å². The first kappa shape index (κ1) is 9.10. The van der Waals surface area contributed by atoms with Gasteiger partial charge in [-0.05, 0) is 6.42 Å². The van der Waals surface area contributed by atoms with E-state index in [2.05, 4.69) is 0 Å². The summed E-state index contributed by atoms with van der Waals surface area (Å²) in [7, 11) is 0. The molecule has 0 rings (SSSR count). The first-order valence-corrected chi connectivity index (χ1v) is 3.09. The minimum atomic E-state index is -1.40. The number of nitrogens with two attached hydrogens (primary N) is 1. The molecule has 1 atom stereocenters. The largest absolute Gasteiger partial charge is 0.476 e. The standard InChI is InChI=1S/C6H11NO3/c1-2-4(7)3-5(8)6(9)10/h4H,2-3,7H2,1H3,(H,9,10). The van der Waals surface area contributed by atoms with E-state index in [-0.39, 0.29) is 12.5 Å². The third kappa shape index (κ3) is 3.19. The van der Waals surface area contributed by atoms with Crippen molar-refractivity contribution in [3.8, 4) is 0 Å². The maximum Gasteiger partial charge on any atom is 0.372 e. The fourth-order valence-electron chi connectivity index (χ4n) is 0.470. The van der Waals surface area contributed by atoms with Gasteiger partial charge in [0.1, 0.15) is 0 Å². The van der Waals surface area contributed by atoms with Crippen molar-refractivity contribution in [2.75, 3.05) is 0 Å². The fourth-order valence-corrected chi connectivity index (χ4v) is 0.470. The van der Waals surface area contributed by atoms with Gasteiger partial charge in [0.2, 0.25) is 5.78 Å². The second-order valence-electron chi connectivity index (χ2n) is 2.10. The number of carbonyl (C=O) groups is 2. The highest BCUT2D eigenvalue weighted by Crippen LogP contribution is 1.93. The summed E-state index contributed by atoms with van der Waals surface area (Å²) < 4.78 is 0. The minimum absolute atomic E-state index is 0.0637. The Morgan fingerprint density at radius 2 is 2.10 bits per heavy atom. The molecule has 4 heteroatoms. The molecule has 0 aliphatic carbocycles. The molecule has 0 aromatic rings. The van der Waals surface area contributed by atoms with Crippen LogP contribution in [0.2, 0.25) is 0 Å². The number of carboxylic acid groups (broad SMARTS) is 1. The lowest BCUT2D eigenvalue weighted by atomic mass is 10.1. The average molecular weight is 145 g/mol. The first-order valence-electron chi connectivity index (χ1n) is 3.09. The molecule has 58 valence electrons. The van der Waals surface area contributed by atoms with Crippen LogP contribution in [0.1, 0.15) is 19.8 Å². The maximum atomic E-state index is 10.4. The molecule has 0 amide bonds. The normalized spacial score (nSPS) is 12.6. The number of hydrogen-bond acceptors (Lipinski definition) is 3. The van der Waals surface area contributed by atoms with Gasteiger partial charge in [-0.15, -0.1) is 0 Å². The van der Waals surface area contributed by atoms with E-state index in [1.807, 2.05) is 0 Å². The molecular formula is C6H11NO3. The molecule has 0 fully saturated rings. The summed E-state index contributed by atoms with van der Waals surface area (Å²) in [5, 5.41) is 8.12. The van der Waals surface area contributed by atoms with E-state index in [0.29, 0.717) is 6.42 Å². The summed E-state index contributed by atoms with van der Waals surface area (Å²) in [6, 6.07) is -0.316. The monoisotopic (exact) mass is 145 g/mol. The van der Waals surface area contributed by atoms with Crippen LogP contribution in [0.5, 0.6) is 0 Å². The van der Waals surface area contributed by atoms with Crippen molar-refractivity contribution >= 4 is 11.8 Å². The molecule has 3 N–H and O–H groups in total. The summed E-state index contributed by atoms with van der Waals surface area (Å²) in [5.41, 5.74) is 5.33. The molecule has 0 saturated carbocycles. The quantitative estimate of drug-likeness (QED) is 0.535. The Morgan fingerprint density at radius 3 is 2.40 bits per heavy atom. The van der Waals surface area contributed by atoms with Crippen molar-refractivity contribution < 1.29 is 14.7 Å². The summed E-state index contributed by atoms with van der Waals surface area (Å²) in [4.78, 5) is 20.4. The Hall–Kier alpha value is -0.900. The molecule has 0 aliphatic heterocycles. The highest BCUT2D eigenvalue weighted by atomic mass is 16.4. The van der Waals surface area contributed by atoms with Gasteiger partial charge in [-0.25, -0.2) is 4.79 Å². The van der Waals surface area contributed by atoms with Gasteiger partial charge in [0.15, 0.2) is 0 Å². The van der Waals surface area contributed by atoms with E-state index in [1.54, 1.807) is 6.92 Å². The Labute approximate surface area is 59.0 Å². The zero-order valence-corrected chi connectivity index (χ0v) is 5.83. The number of aliphatic carboxylic acids is 1. The number of Topliss-reactive ketones (excluding diaryl/α,β-unsaturated/α-hetero) is 1.